The standard InChI is InChI=1S/C26H29N5O3/c1-19(32)27-21-10-12-23(13-11-21)34-18-26(33)28-22-8-6-20(7-9-22)24-14-15-25(30-29-24)31-16-4-2-3-5-17-31/h6-15H,2-5,16-18H2,1H3,(H,27,32)(H,28,33). The molecule has 8 nitrogen and oxygen atoms in total. The normalized spacial score (nSPS) is 13.6. The van der Waals surface area contributed by atoms with Gasteiger partial charge in [-0.05, 0) is 61.4 Å². The second-order valence-corrected chi connectivity index (χ2v) is 8.30. The van der Waals surface area contributed by atoms with Gasteiger partial charge in [0.2, 0.25) is 5.91 Å². The van der Waals surface area contributed by atoms with Gasteiger partial charge in [-0.15, -0.1) is 10.2 Å². The molecule has 1 aromatic heterocycles. The van der Waals surface area contributed by atoms with Crippen LogP contribution in [0.25, 0.3) is 11.3 Å². The fourth-order valence-corrected chi connectivity index (χ4v) is 3.86. The highest BCUT2D eigenvalue weighted by atomic mass is 16.5. The fraction of sp³-hybridized carbons (Fsp3) is 0.308. The maximum Gasteiger partial charge on any atom is 0.262 e. The molecule has 34 heavy (non-hydrogen) atoms. The number of aromatic nitrogens is 2. The van der Waals surface area contributed by atoms with E-state index in [4.69, 9.17) is 4.74 Å². The summed E-state index contributed by atoms with van der Waals surface area (Å²) in [6, 6.07) is 18.3. The van der Waals surface area contributed by atoms with Gasteiger partial charge in [0.15, 0.2) is 12.4 Å². The summed E-state index contributed by atoms with van der Waals surface area (Å²) in [7, 11) is 0. The summed E-state index contributed by atoms with van der Waals surface area (Å²) in [4.78, 5) is 25.6. The number of benzene rings is 2. The molecule has 0 spiro atoms. The molecular weight excluding hydrogens is 430 g/mol. The molecule has 2 N–H and O–H groups in total. The van der Waals surface area contributed by atoms with Crippen LogP contribution in [-0.2, 0) is 9.59 Å². The number of ether oxygens (including phenoxy) is 1. The van der Waals surface area contributed by atoms with Crippen molar-refractivity contribution < 1.29 is 14.3 Å². The van der Waals surface area contributed by atoms with Gasteiger partial charge < -0.3 is 20.3 Å². The number of nitrogens with zero attached hydrogens (tertiary/aromatic N) is 3. The third kappa shape index (κ3) is 6.54. The maximum absolute atomic E-state index is 12.2. The van der Waals surface area contributed by atoms with Gasteiger partial charge in [0.1, 0.15) is 5.75 Å². The van der Waals surface area contributed by atoms with E-state index < -0.39 is 0 Å². The SMILES string of the molecule is CC(=O)Nc1ccc(OCC(=O)Nc2ccc(-c3ccc(N4CCCCCC4)nn3)cc2)cc1. The van der Waals surface area contributed by atoms with E-state index in [0.717, 1.165) is 30.2 Å². The molecule has 0 unspecified atom stereocenters. The molecule has 0 radical (unpaired) electrons. The number of hydrogen-bond donors (Lipinski definition) is 2. The number of carbonyl (C=O) groups is 2. The van der Waals surface area contributed by atoms with E-state index in [2.05, 4.69) is 25.7 Å². The fourth-order valence-electron chi connectivity index (χ4n) is 3.86. The van der Waals surface area contributed by atoms with Crippen LogP contribution in [0.5, 0.6) is 5.75 Å². The van der Waals surface area contributed by atoms with Crippen LogP contribution in [0.1, 0.15) is 32.6 Å². The van der Waals surface area contributed by atoms with Gasteiger partial charge >= 0.3 is 0 Å². The van der Waals surface area contributed by atoms with Crippen LogP contribution in [0, 0.1) is 0 Å². The Morgan fingerprint density at radius 1 is 0.824 bits per heavy atom. The predicted octanol–water partition coefficient (Wildman–Crippen LogP) is 4.50. The minimum Gasteiger partial charge on any atom is -0.484 e. The van der Waals surface area contributed by atoms with Crippen LogP contribution in [0.2, 0.25) is 0 Å². The lowest BCUT2D eigenvalue weighted by atomic mass is 10.1. The monoisotopic (exact) mass is 459 g/mol. The molecule has 0 bridgehead atoms. The Hall–Kier alpha value is -3.94. The number of anilines is 3. The molecule has 1 aliphatic heterocycles. The topological polar surface area (TPSA) is 96.4 Å². The van der Waals surface area contributed by atoms with Crippen molar-refractivity contribution in [3.8, 4) is 17.0 Å². The van der Waals surface area contributed by atoms with E-state index in [1.807, 2.05) is 36.4 Å². The Morgan fingerprint density at radius 3 is 2.09 bits per heavy atom. The zero-order chi connectivity index (χ0) is 23.8. The number of nitrogens with one attached hydrogen (secondary N) is 2. The van der Waals surface area contributed by atoms with E-state index in [-0.39, 0.29) is 18.4 Å². The summed E-state index contributed by atoms with van der Waals surface area (Å²) in [5.74, 6) is 1.07. The molecule has 176 valence electrons. The lowest BCUT2D eigenvalue weighted by molar-refractivity contribution is -0.118. The van der Waals surface area contributed by atoms with Gasteiger partial charge in [0.05, 0.1) is 5.69 Å². The van der Waals surface area contributed by atoms with E-state index >= 15 is 0 Å². The highest BCUT2D eigenvalue weighted by Crippen LogP contribution is 2.22. The van der Waals surface area contributed by atoms with Crippen LogP contribution in [0.4, 0.5) is 17.2 Å². The molecule has 0 aliphatic carbocycles. The number of rotatable bonds is 7. The predicted molar refractivity (Wildman–Crippen MR) is 133 cm³/mol. The van der Waals surface area contributed by atoms with E-state index in [1.54, 1.807) is 24.3 Å². The first kappa shape index (κ1) is 23.2. The average Bonchev–Trinajstić information content (AvgIpc) is 3.14. The Bertz CT molecular complexity index is 1090. The Balaban J connectivity index is 1.28. The van der Waals surface area contributed by atoms with Crippen LogP contribution >= 0.6 is 0 Å². The molecular formula is C26H29N5O3. The Morgan fingerprint density at radius 2 is 1.47 bits per heavy atom. The highest BCUT2D eigenvalue weighted by Gasteiger charge is 2.12. The molecule has 2 aromatic carbocycles. The number of amides is 2. The van der Waals surface area contributed by atoms with Crippen molar-refractivity contribution >= 4 is 29.0 Å². The molecule has 3 aromatic rings. The lowest BCUT2D eigenvalue weighted by Gasteiger charge is -2.20. The molecule has 2 amide bonds. The lowest BCUT2D eigenvalue weighted by Crippen LogP contribution is -2.25. The van der Waals surface area contributed by atoms with Gasteiger partial charge in [0.25, 0.3) is 5.91 Å². The van der Waals surface area contributed by atoms with Crippen LogP contribution < -0.4 is 20.3 Å². The molecule has 4 rings (SSSR count). The van der Waals surface area contributed by atoms with Gasteiger partial charge in [-0.3, -0.25) is 9.59 Å². The largest absolute Gasteiger partial charge is 0.484 e. The Kier molecular flexibility index (Phi) is 7.70. The summed E-state index contributed by atoms with van der Waals surface area (Å²) in [5, 5.41) is 14.3. The molecule has 1 fully saturated rings. The molecule has 0 atom stereocenters. The van der Waals surface area contributed by atoms with Gasteiger partial charge in [-0.25, -0.2) is 0 Å². The van der Waals surface area contributed by atoms with Gasteiger partial charge in [-0.1, -0.05) is 25.0 Å². The van der Waals surface area contributed by atoms with Crippen LogP contribution in [0.3, 0.4) is 0 Å². The maximum atomic E-state index is 12.2. The third-order valence-electron chi connectivity index (χ3n) is 5.59. The first-order valence-electron chi connectivity index (χ1n) is 11.6. The molecule has 2 heterocycles. The van der Waals surface area contributed by atoms with Crippen molar-refractivity contribution in [2.24, 2.45) is 0 Å². The minimum atomic E-state index is -0.264. The Labute approximate surface area is 199 Å². The van der Waals surface area contributed by atoms with Crippen molar-refractivity contribution in [2.75, 3.05) is 35.2 Å². The second kappa shape index (κ2) is 11.3. The first-order valence-corrected chi connectivity index (χ1v) is 11.6. The van der Waals surface area contributed by atoms with Crippen molar-refractivity contribution in [3.63, 3.8) is 0 Å². The van der Waals surface area contributed by atoms with E-state index in [1.165, 1.54) is 32.6 Å². The molecule has 1 aliphatic rings. The summed E-state index contributed by atoms with van der Waals surface area (Å²) in [6.07, 6.45) is 4.97. The summed E-state index contributed by atoms with van der Waals surface area (Å²) < 4.78 is 5.52. The smallest absolute Gasteiger partial charge is 0.262 e. The number of carbonyl (C=O) groups excluding carboxylic acids is 2. The third-order valence-corrected chi connectivity index (χ3v) is 5.59. The minimum absolute atomic E-state index is 0.120. The van der Waals surface area contributed by atoms with Crippen LogP contribution in [-0.4, -0.2) is 41.7 Å². The van der Waals surface area contributed by atoms with Crippen molar-refractivity contribution in [1.29, 1.82) is 0 Å². The first-order chi connectivity index (χ1) is 16.6. The quantitative estimate of drug-likeness (QED) is 0.540. The highest BCUT2D eigenvalue weighted by molar-refractivity contribution is 5.92. The zero-order valence-corrected chi connectivity index (χ0v) is 19.3. The van der Waals surface area contributed by atoms with Crippen molar-refractivity contribution in [2.45, 2.75) is 32.6 Å². The van der Waals surface area contributed by atoms with Crippen molar-refractivity contribution in [1.82, 2.24) is 10.2 Å². The summed E-state index contributed by atoms with van der Waals surface area (Å²) in [6.45, 7) is 3.40. The molecule has 1 saturated heterocycles. The van der Waals surface area contributed by atoms with Crippen LogP contribution in [0.15, 0.2) is 60.7 Å². The molecule has 8 heteroatoms. The summed E-state index contributed by atoms with van der Waals surface area (Å²) in [5.41, 5.74) is 3.07. The second-order valence-electron chi connectivity index (χ2n) is 8.30. The molecule has 0 saturated carbocycles. The van der Waals surface area contributed by atoms with Gasteiger partial charge in [-0.2, -0.15) is 0 Å². The van der Waals surface area contributed by atoms with Gasteiger partial charge in [0, 0.05) is 37.0 Å². The van der Waals surface area contributed by atoms with E-state index in [0.29, 0.717) is 17.1 Å². The summed E-state index contributed by atoms with van der Waals surface area (Å²) >= 11 is 0. The number of hydrogen-bond acceptors (Lipinski definition) is 6. The van der Waals surface area contributed by atoms with Crippen molar-refractivity contribution in [3.05, 3.63) is 60.7 Å². The zero-order valence-electron chi connectivity index (χ0n) is 19.3. The van der Waals surface area contributed by atoms with E-state index in [9.17, 15) is 9.59 Å². The average molecular weight is 460 g/mol.